The van der Waals surface area contributed by atoms with Crippen molar-refractivity contribution < 1.29 is 29.1 Å². The Hall–Kier alpha value is -1.84. The van der Waals surface area contributed by atoms with Crippen LogP contribution in [-0.4, -0.2) is 57.9 Å². The molecule has 1 fully saturated rings. The third kappa shape index (κ3) is 4.53. The third-order valence-corrected chi connectivity index (χ3v) is 5.06. The van der Waals surface area contributed by atoms with E-state index in [0.29, 0.717) is 11.3 Å². The number of Topliss-reactive ketones (excluding diaryl/α,β-unsaturated/α-hetero) is 1. The zero-order valence-corrected chi connectivity index (χ0v) is 16.7. The molecular weight excluding hydrogens is 354 g/mol. The predicted octanol–water partition coefficient (Wildman–Crippen LogP) is 0.383. The number of imide groups is 1. The summed E-state index contributed by atoms with van der Waals surface area (Å²) in [5.41, 5.74) is 6.20. The van der Waals surface area contributed by atoms with Crippen LogP contribution in [0.3, 0.4) is 0 Å². The summed E-state index contributed by atoms with van der Waals surface area (Å²) >= 11 is 0. The van der Waals surface area contributed by atoms with E-state index >= 15 is 0 Å². The van der Waals surface area contributed by atoms with Crippen molar-refractivity contribution in [3.8, 4) is 0 Å². The fourth-order valence-electron chi connectivity index (χ4n) is 3.33. The summed E-state index contributed by atoms with van der Waals surface area (Å²) in [6.07, 6.45) is 0.302. The Morgan fingerprint density at radius 3 is 2.37 bits per heavy atom. The van der Waals surface area contributed by atoms with Gasteiger partial charge in [0.05, 0.1) is 12.6 Å². The minimum Gasteiger partial charge on any atom is -0.464 e. The average Bonchev–Trinajstić information content (AvgIpc) is 2.61. The van der Waals surface area contributed by atoms with E-state index in [0.717, 1.165) is 0 Å². The first-order chi connectivity index (χ1) is 12.6. The van der Waals surface area contributed by atoms with E-state index in [1.807, 2.05) is 19.3 Å². The summed E-state index contributed by atoms with van der Waals surface area (Å²) in [5.74, 6) is -3.74. The Balaban J connectivity index is 3.43. The first-order valence-corrected chi connectivity index (χ1v) is 9.30. The van der Waals surface area contributed by atoms with Gasteiger partial charge in [0, 0.05) is 6.42 Å². The fourth-order valence-corrected chi connectivity index (χ4v) is 3.33. The van der Waals surface area contributed by atoms with Crippen molar-refractivity contribution in [2.75, 3.05) is 6.61 Å². The molecule has 1 aliphatic heterocycles. The Morgan fingerprint density at radius 2 is 1.93 bits per heavy atom. The zero-order chi connectivity index (χ0) is 20.9. The first kappa shape index (κ1) is 23.2. The van der Waals surface area contributed by atoms with E-state index < -0.39 is 53.5 Å². The molecule has 9 heteroatoms. The number of carbonyl (C=O) groups excluding carboxylic acids is 4. The second-order valence-corrected chi connectivity index (χ2v) is 7.44. The Kier molecular flexibility index (Phi) is 8.06. The molecule has 1 aliphatic rings. The molecule has 0 aromatic heterocycles. The highest BCUT2D eigenvalue weighted by atomic mass is 16.5. The van der Waals surface area contributed by atoms with Crippen LogP contribution >= 0.6 is 0 Å². The van der Waals surface area contributed by atoms with E-state index in [1.165, 1.54) is 0 Å². The molecule has 0 aromatic carbocycles. The van der Waals surface area contributed by atoms with E-state index in [2.05, 4.69) is 0 Å². The molecular formula is C18H31N3O6. The van der Waals surface area contributed by atoms with Crippen LogP contribution < -0.4 is 11.2 Å². The number of nitrogens with one attached hydrogen (secondary N) is 1. The van der Waals surface area contributed by atoms with Crippen molar-refractivity contribution in [1.82, 2.24) is 10.4 Å². The number of hydroxylamine groups is 1. The highest BCUT2D eigenvalue weighted by Gasteiger charge is 2.58. The number of amides is 2. The lowest BCUT2D eigenvalue weighted by atomic mass is 9.74. The first-order valence-electron chi connectivity index (χ1n) is 9.30. The number of rotatable bonds is 8. The van der Waals surface area contributed by atoms with Gasteiger partial charge in [0.2, 0.25) is 5.91 Å². The molecule has 9 nitrogen and oxygen atoms in total. The van der Waals surface area contributed by atoms with Crippen molar-refractivity contribution in [2.24, 2.45) is 17.6 Å². The molecule has 27 heavy (non-hydrogen) atoms. The number of likely N-dealkylation sites (tertiary alicyclic amines) is 1. The number of carbonyl (C=O) groups is 4. The summed E-state index contributed by atoms with van der Waals surface area (Å²) in [6.45, 7) is 8.73. The lowest BCUT2D eigenvalue weighted by Gasteiger charge is -2.45. The van der Waals surface area contributed by atoms with Gasteiger partial charge in [-0.25, -0.2) is 4.79 Å². The summed E-state index contributed by atoms with van der Waals surface area (Å²) in [7, 11) is 0. The maximum Gasteiger partial charge on any atom is 0.337 e. The number of ether oxygens (including phenoxy) is 1. The minimum atomic E-state index is -1.69. The second kappa shape index (κ2) is 9.38. The molecule has 0 bridgehead atoms. The van der Waals surface area contributed by atoms with E-state index in [-0.39, 0.29) is 18.9 Å². The van der Waals surface area contributed by atoms with Crippen molar-refractivity contribution in [2.45, 2.75) is 71.5 Å². The molecule has 1 saturated heterocycles. The van der Waals surface area contributed by atoms with Crippen LogP contribution in [0, 0.1) is 11.8 Å². The van der Waals surface area contributed by atoms with Crippen molar-refractivity contribution in [3.05, 3.63) is 0 Å². The quantitative estimate of drug-likeness (QED) is 0.310. The maximum absolute atomic E-state index is 13.2. The topological polar surface area (TPSA) is 139 Å². The summed E-state index contributed by atoms with van der Waals surface area (Å²) in [4.78, 5) is 51.9. The number of hydrogen-bond donors (Lipinski definition) is 3. The van der Waals surface area contributed by atoms with Crippen LogP contribution in [0.5, 0.6) is 0 Å². The number of esters is 1. The molecule has 1 rings (SSSR count). The van der Waals surface area contributed by atoms with Crippen LogP contribution in [0.15, 0.2) is 0 Å². The Labute approximate surface area is 159 Å². The van der Waals surface area contributed by atoms with Gasteiger partial charge in [-0.3, -0.25) is 19.3 Å². The maximum atomic E-state index is 13.2. The fraction of sp³-hybridized carbons (Fsp3) is 0.778. The summed E-state index contributed by atoms with van der Waals surface area (Å²) in [5, 5.41) is 9.73. The number of hydrogen-bond acceptors (Lipinski definition) is 8. The molecule has 0 saturated carbocycles. The van der Waals surface area contributed by atoms with Gasteiger partial charge in [-0.1, -0.05) is 34.1 Å². The number of piperidine rings is 1. The SMILES string of the molecule is CCOC(=O)[C@@H]1C(=O)C[C@](NO)(C(C)CC)C(=O)N1C(=O)[C@@H](N)CC(C)C. The van der Waals surface area contributed by atoms with Gasteiger partial charge in [0.15, 0.2) is 11.8 Å². The van der Waals surface area contributed by atoms with Crippen molar-refractivity contribution in [3.63, 3.8) is 0 Å². The van der Waals surface area contributed by atoms with Gasteiger partial charge in [0.25, 0.3) is 5.91 Å². The molecule has 2 amide bonds. The van der Waals surface area contributed by atoms with Crippen LogP contribution in [-0.2, 0) is 23.9 Å². The highest BCUT2D eigenvalue weighted by Crippen LogP contribution is 2.33. The van der Waals surface area contributed by atoms with Crippen LogP contribution in [0.1, 0.15) is 53.9 Å². The summed E-state index contributed by atoms with van der Waals surface area (Å²) in [6, 6.07) is -2.75. The third-order valence-electron chi connectivity index (χ3n) is 5.06. The van der Waals surface area contributed by atoms with E-state index in [1.54, 1.807) is 20.8 Å². The summed E-state index contributed by atoms with van der Waals surface area (Å²) < 4.78 is 4.90. The molecule has 4 atom stereocenters. The van der Waals surface area contributed by atoms with Gasteiger partial charge < -0.3 is 15.7 Å². The van der Waals surface area contributed by atoms with Crippen LogP contribution in [0.2, 0.25) is 0 Å². The standard InChI is InChI=1S/C18H31N3O6/c1-6-11(5)18(20-26)9-13(22)14(16(24)27-7-2)21(17(18)25)15(23)12(19)8-10(3)4/h10-12,14,20,26H,6-9,19H2,1-5H3/t11?,12-,14-,18-/m0/s1. The van der Waals surface area contributed by atoms with Gasteiger partial charge >= 0.3 is 5.97 Å². The smallest absolute Gasteiger partial charge is 0.337 e. The van der Waals surface area contributed by atoms with Crippen molar-refractivity contribution >= 4 is 23.6 Å². The molecule has 1 heterocycles. The molecule has 1 unspecified atom stereocenters. The number of nitrogens with two attached hydrogens (primary N) is 1. The van der Waals surface area contributed by atoms with Gasteiger partial charge in [-0.2, -0.15) is 5.48 Å². The van der Waals surface area contributed by atoms with Crippen LogP contribution in [0.4, 0.5) is 0 Å². The molecule has 0 aliphatic carbocycles. The lowest BCUT2D eigenvalue weighted by molar-refractivity contribution is -0.177. The monoisotopic (exact) mass is 385 g/mol. The largest absolute Gasteiger partial charge is 0.464 e. The van der Waals surface area contributed by atoms with E-state index in [4.69, 9.17) is 10.5 Å². The van der Waals surface area contributed by atoms with Crippen LogP contribution in [0.25, 0.3) is 0 Å². The van der Waals surface area contributed by atoms with E-state index in [9.17, 15) is 24.4 Å². The van der Waals surface area contributed by atoms with Crippen molar-refractivity contribution in [1.29, 1.82) is 0 Å². The normalized spacial score (nSPS) is 25.5. The number of nitrogens with zero attached hydrogens (tertiary/aromatic N) is 1. The molecule has 154 valence electrons. The Bertz CT molecular complexity index is 594. The van der Waals surface area contributed by atoms with Gasteiger partial charge in [0.1, 0.15) is 5.54 Å². The lowest BCUT2D eigenvalue weighted by Crippen LogP contribution is -2.72. The molecule has 0 radical (unpaired) electrons. The zero-order valence-electron chi connectivity index (χ0n) is 16.7. The minimum absolute atomic E-state index is 0.00830. The molecule has 4 N–H and O–H groups in total. The second-order valence-electron chi connectivity index (χ2n) is 7.44. The Morgan fingerprint density at radius 1 is 1.33 bits per heavy atom. The van der Waals surface area contributed by atoms with Gasteiger partial charge in [-0.05, 0) is 25.2 Å². The van der Waals surface area contributed by atoms with Gasteiger partial charge in [-0.15, -0.1) is 0 Å². The highest BCUT2D eigenvalue weighted by molar-refractivity contribution is 6.18. The average molecular weight is 385 g/mol. The molecule has 0 spiro atoms. The molecule has 0 aromatic rings. The predicted molar refractivity (Wildman–Crippen MR) is 96.4 cm³/mol. The number of ketones is 1.